The Balaban J connectivity index is 1.33. The summed E-state index contributed by atoms with van der Waals surface area (Å²) < 4.78 is 13.3. The molecular formula is C27H29ClN4O4S. The smallest absolute Gasteiger partial charge is 0.327 e. The van der Waals surface area contributed by atoms with Crippen LogP contribution in [-0.2, 0) is 27.8 Å². The number of aryl methyl sites for hydroxylation is 1. The van der Waals surface area contributed by atoms with Gasteiger partial charge in [-0.25, -0.2) is 0 Å². The van der Waals surface area contributed by atoms with E-state index in [1.807, 2.05) is 37.4 Å². The first kappa shape index (κ1) is 25.7. The first-order valence-electron chi connectivity index (χ1n) is 12.4. The van der Waals surface area contributed by atoms with E-state index in [9.17, 15) is 9.59 Å². The minimum Gasteiger partial charge on any atom is -0.495 e. The van der Waals surface area contributed by atoms with Gasteiger partial charge >= 0.3 is 5.97 Å². The van der Waals surface area contributed by atoms with Crippen molar-refractivity contribution in [2.45, 2.75) is 61.0 Å². The molecule has 1 saturated heterocycles. The zero-order valence-corrected chi connectivity index (χ0v) is 22.4. The fourth-order valence-corrected chi connectivity index (χ4v) is 6.62. The van der Waals surface area contributed by atoms with E-state index in [1.54, 1.807) is 24.1 Å². The largest absolute Gasteiger partial charge is 0.495 e. The fourth-order valence-electron chi connectivity index (χ4n) is 5.44. The predicted octanol–water partition coefficient (Wildman–Crippen LogP) is 5.08. The van der Waals surface area contributed by atoms with E-state index in [2.05, 4.69) is 15.2 Å². The molecule has 1 aromatic carbocycles. The summed E-state index contributed by atoms with van der Waals surface area (Å²) in [5.74, 6) is 0.793. The number of carbonyl (C=O) groups is 2. The van der Waals surface area contributed by atoms with Crippen molar-refractivity contribution in [2.24, 2.45) is 13.0 Å². The second-order valence-corrected chi connectivity index (χ2v) is 11.2. The highest BCUT2D eigenvalue weighted by atomic mass is 35.5. The van der Waals surface area contributed by atoms with Crippen LogP contribution in [0.3, 0.4) is 0 Å². The zero-order valence-electron chi connectivity index (χ0n) is 20.9. The minimum absolute atomic E-state index is 0.119. The molecule has 0 N–H and O–H groups in total. The van der Waals surface area contributed by atoms with Gasteiger partial charge in [0.25, 0.3) is 0 Å². The van der Waals surface area contributed by atoms with Crippen LogP contribution in [0.5, 0.6) is 5.75 Å². The van der Waals surface area contributed by atoms with E-state index in [-0.39, 0.29) is 18.1 Å². The van der Waals surface area contributed by atoms with E-state index < -0.39 is 16.8 Å². The summed E-state index contributed by atoms with van der Waals surface area (Å²) in [4.78, 5) is 31.0. The quantitative estimate of drug-likeness (QED) is 0.288. The fraction of sp³-hybridized carbons (Fsp3) is 0.444. The van der Waals surface area contributed by atoms with Gasteiger partial charge in [0, 0.05) is 31.4 Å². The Morgan fingerprint density at radius 1 is 1.22 bits per heavy atom. The van der Waals surface area contributed by atoms with Crippen LogP contribution in [0.25, 0.3) is 11.4 Å². The Labute approximate surface area is 225 Å². The second-order valence-electron chi connectivity index (χ2n) is 9.68. The number of ether oxygens (including phenoxy) is 2. The monoisotopic (exact) mass is 540 g/mol. The number of esters is 1. The number of thioether (sulfide) groups is 1. The molecule has 1 aliphatic heterocycles. The highest BCUT2D eigenvalue weighted by molar-refractivity contribution is 8.01. The van der Waals surface area contributed by atoms with Gasteiger partial charge in [0.05, 0.1) is 12.1 Å². The number of benzene rings is 1. The summed E-state index contributed by atoms with van der Waals surface area (Å²) in [6, 6.07) is 9.39. The summed E-state index contributed by atoms with van der Waals surface area (Å²) >= 11 is 7.43. The van der Waals surface area contributed by atoms with Crippen molar-refractivity contribution in [1.82, 2.24) is 19.7 Å². The summed E-state index contributed by atoms with van der Waals surface area (Å²) in [5, 5.41) is 8.54. The number of hydrogen-bond acceptors (Lipinski definition) is 8. The number of Topliss-reactive ketones (excluding diaryl/α,β-unsaturated/α-hetero) is 1. The van der Waals surface area contributed by atoms with E-state index in [0.29, 0.717) is 34.6 Å². The maximum atomic E-state index is 13.5. The molecule has 0 radical (unpaired) electrons. The van der Waals surface area contributed by atoms with Crippen molar-refractivity contribution >= 4 is 35.1 Å². The second kappa shape index (κ2) is 10.8. The molecule has 2 fully saturated rings. The normalized spacial score (nSPS) is 22.3. The molecular weight excluding hydrogens is 512 g/mol. The van der Waals surface area contributed by atoms with Crippen molar-refractivity contribution < 1.29 is 19.1 Å². The number of cyclic esters (lactones) is 1. The molecule has 8 nitrogen and oxygen atoms in total. The van der Waals surface area contributed by atoms with Crippen molar-refractivity contribution in [2.75, 3.05) is 7.11 Å². The molecule has 3 heterocycles. The number of aromatic nitrogens is 4. The molecule has 0 spiro atoms. The molecule has 194 valence electrons. The number of methoxy groups -OCH3 is 1. The van der Waals surface area contributed by atoms with Crippen LogP contribution in [0.4, 0.5) is 0 Å². The van der Waals surface area contributed by atoms with Crippen LogP contribution in [-0.4, -0.2) is 49.5 Å². The average Bonchev–Trinajstić information content (AvgIpc) is 3.56. The molecule has 1 aliphatic carbocycles. The minimum atomic E-state index is -0.963. The van der Waals surface area contributed by atoms with Crippen LogP contribution in [0.15, 0.2) is 47.9 Å². The third-order valence-corrected chi connectivity index (χ3v) is 8.97. The molecule has 2 aliphatic rings. The lowest BCUT2D eigenvalue weighted by atomic mass is 9.76. The van der Waals surface area contributed by atoms with Gasteiger partial charge in [-0.3, -0.25) is 14.6 Å². The number of hydrogen-bond donors (Lipinski definition) is 0. The summed E-state index contributed by atoms with van der Waals surface area (Å²) in [6.45, 7) is 0. The molecule has 0 bridgehead atoms. The Morgan fingerprint density at radius 2 is 2.03 bits per heavy atom. The van der Waals surface area contributed by atoms with Crippen molar-refractivity contribution in [3.8, 4) is 17.1 Å². The van der Waals surface area contributed by atoms with Crippen molar-refractivity contribution in [3.63, 3.8) is 0 Å². The molecule has 5 rings (SSSR count). The number of carbonyl (C=O) groups excluding carboxylic acids is 2. The van der Waals surface area contributed by atoms with E-state index >= 15 is 0 Å². The highest BCUT2D eigenvalue weighted by Crippen LogP contribution is 2.46. The van der Waals surface area contributed by atoms with Crippen LogP contribution in [0, 0.1) is 5.92 Å². The number of nitrogens with zero attached hydrogens (tertiary/aromatic N) is 4. The van der Waals surface area contributed by atoms with Crippen LogP contribution < -0.4 is 4.74 Å². The number of rotatable bonds is 8. The third kappa shape index (κ3) is 5.25. The van der Waals surface area contributed by atoms with E-state index in [4.69, 9.17) is 21.1 Å². The van der Waals surface area contributed by atoms with Crippen molar-refractivity contribution in [3.05, 3.63) is 53.3 Å². The van der Waals surface area contributed by atoms with Gasteiger partial charge in [0.2, 0.25) is 0 Å². The van der Waals surface area contributed by atoms with Gasteiger partial charge in [-0.05, 0) is 61.4 Å². The predicted molar refractivity (Wildman–Crippen MR) is 141 cm³/mol. The molecule has 2 aromatic heterocycles. The van der Waals surface area contributed by atoms with E-state index in [0.717, 1.165) is 48.6 Å². The Bertz CT molecular complexity index is 1270. The SMILES string of the molecule is COc1ccc(CCC2(C3CCCC3)CC(=O)C(Sc3nnc(-c4cccnc4)n3C)C(=O)O2)cc1Cl. The first-order valence-corrected chi connectivity index (χ1v) is 13.7. The lowest BCUT2D eigenvalue weighted by Crippen LogP contribution is -2.53. The maximum Gasteiger partial charge on any atom is 0.327 e. The Kier molecular flexibility index (Phi) is 7.53. The van der Waals surface area contributed by atoms with Gasteiger partial charge in [0.1, 0.15) is 11.4 Å². The molecule has 10 heteroatoms. The van der Waals surface area contributed by atoms with Gasteiger partial charge in [0.15, 0.2) is 22.0 Å². The standard InChI is InChI=1S/C27H29ClN4O4S/c1-32-24(18-6-5-13-29-16-18)30-31-26(32)37-23-21(33)15-27(36-25(23)34,19-7-3-4-8-19)12-11-17-9-10-22(35-2)20(28)14-17/h5-6,9-10,13-14,16,19,23H,3-4,7-8,11-12,15H2,1-2H3. The maximum absolute atomic E-state index is 13.5. The summed E-state index contributed by atoms with van der Waals surface area (Å²) in [7, 11) is 3.39. The van der Waals surface area contributed by atoms with Crippen LogP contribution >= 0.6 is 23.4 Å². The van der Waals surface area contributed by atoms with Crippen LogP contribution in [0.2, 0.25) is 5.02 Å². The van der Waals surface area contributed by atoms with Gasteiger partial charge in [-0.1, -0.05) is 42.3 Å². The number of pyridine rings is 1. The number of ketones is 1. The van der Waals surface area contributed by atoms with Gasteiger partial charge in [-0.2, -0.15) is 0 Å². The van der Waals surface area contributed by atoms with Crippen molar-refractivity contribution in [1.29, 1.82) is 0 Å². The summed E-state index contributed by atoms with van der Waals surface area (Å²) in [5.41, 5.74) is 1.03. The van der Waals surface area contributed by atoms with E-state index in [1.165, 1.54) is 0 Å². The van der Waals surface area contributed by atoms with Gasteiger partial charge < -0.3 is 14.0 Å². The Hall–Kier alpha value is -2.91. The topological polar surface area (TPSA) is 96.2 Å². The molecule has 1 saturated carbocycles. The zero-order chi connectivity index (χ0) is 26.0. The Morgan fingerprint density at radius 3 is 2.70 bits per heavy atom. The molecule has 3 aromatic rings. The van der Waals surface area contributed by atoms with Gasteiger partial charge in [-0.15, -0.1) is 10.2 Å². The lowest BCUT2D eigenvalue weighted by molar-refractivity contribution is -0.177. The molecule has 37 heavy (non-hydrogen) atoms. The van der Waals surface area contributed by atoms with Crippen LogP contribution in [0.1, 0.15) is 44.1 Å². The molecule has 0 amide bonds. The molecule has 2 unspecified atom stereocenters. The lowest BCUT2D eigenvalue weighted by Gasteiger charge is -2.42. The molecule has 2 atom stereocenters. The average molecular weight is 541 g/mol. The third-order valence-electron chi connectivity index (χ3n) is 7.41. The summed E-state index contributed by atoms with van der Waals surface area (Å²) in [6.07, 6.45) is 8.90. The highest BCUT2D eigenvalue weighted by Gasteiger charge is 2.52. The number of halogens is 1. The first-order chi connectivity index (χ1) is 17.9.